The van der Waals surface area contributed by atoms with E-state index in [0.717, 1.165) is 0 Å². The van der Waals surface area contributed by atoms with Crippen molar-refractivity contribution < 1.29 is 13.6 Å². The van der Waals surface area contributed by atoms with Crippen LogP contribution in [0.3, 0.4) is 0 Å². The van der Waals surface area contributed by atoms with E-state index in [9.17, 15) is 13.6 Å². The third-order valence-electron chi connectivity index (χ3n) is 2.04. The summed E-state index contributed by atoms with van der Waals surface area (Å²) in [7, 11) is 0. The predicted octanol–water partition coefficient (Wildman–Crippen LogP) is 0.712. The van der Waals surface area contributed by atoms with Gasteiger partial charge in [0.1, 0.15) is 11.6 Å². The number of nitrogens with one attached hydrogen (secondary N) is 1. The van der Waals surface area contributed by atoms with Gasteiger partial charge in [-0.05, 0) is 19.0 Å². The van der Waals surface area contributed by atoms with Crippen LogP contribution in [0, 0.1) is 11.6 Å². The van der Waals surface area contributed by atoms with Crippen LogP contribution >= 0.6 is 0 Å². The maximum Gasteiger partial charge on any atom is 0.207 e. The van der Waals surface area contributed by atoms with Gasteiger partial charge in [-0.1, -0.05) is 6.07 Å². The average Bonchev–Trinajstić information content (AvgIpc) is 2.23. The fraction of sp³-hybridized carbons (Fsp3) is 0.300. The van der Waals surface area contributed by atoms with Gasteiger partial charge < -0.3 is 11.1 Å². The van der Waals surface area contributed by atoms with Gasteiger partial charge in [0.05, 0.1) is 0 Å². The highest BCUT2D eigenvalue weighted by Gasteiger charge is 2.12. The summed E-state index contributed by atoms with van der Waals surface area (Å²) >= 11 is 0. The molecule has 1 aromatic rings. The molecule has 3 N–H and O–H groups in total. The van der Waals surface area contributed by atoms with Crippen molar-refractivity contribution in [3.05, 3.63) is 34.9 Å². The first kappa shape index (κ1) is 11.6. The number of halogens is 2. The van der Waals surface area contributed by atoms with E-state index in [1.54, 1.807) is 0 Å². The highest BCUT2D eigenvalue weighted by atomic mass is 19.1. The average molecular weight is 214 g/mol. The fourth-order valence-electron chi connectivity index (χ4n) is 1.31. The zero-order valence-corrected chi connectivity index (χ0v) is 8.09. The molecule has 0 aliphatic carbocycles. The number of nitrogens with two attached hydrogens (primary N) is 1. The molecule has 0 saturated carbocycles. The first-order valence-corrected chi connectivity index (χ1v) is 4.53. The molecule has 0 heterocycles. The Morgan fingerprint density at radius 3 is 2.73 bits per heavy atom. The lowest BCUT2D eigenvalue weighted by Crippen LogP contribution is -2.14. The van der Waals surface area contributed by atoms with Crippen LogP contribution in [-0.4, -0.2) is 13.0 Å². The van der Waals surface area contributed by atoms with Crippen molar-refractivity contribution >= 4 is 6.41 Å². The number of carbonyl (C=O) groups is 1. The van der Waals surface area contributed by atoms with Gasteiger partial charge in [0.2, 0.25) is 6.41 Å². The Bertz CT molecular complexity index is 356. The summed E-state index contributed by atoms with van der Waals surface area (Å²) in [5.41, 5.74) is 5.47. The van der Waals surface area contributed by atoms with Crippen LogP contribution < -0.4 is 11.1 Å². The lowest BCUT2D eigenvalue weighted by Gasteiger charge is -2.08. The number of hydrogen-bond donors (Lipinski definition) is 2. The standard InChI is InChI=1S/C10H12F2N2O/c11-9-2-1-7(5-14-6-15)10(12)8(9)3-4-13/h1-2,6H,3-5,13H2,(H,14,15). The largest absolute Gasteiger partial charge is 0.354 e. The summed E-state index contributed by atoms with van der Waals surface area (Å²) in [4.78, 5) is 10.0. The van der Waals surface area contributed by atoms with Crippen molar-refractivity contribution in [1.82, 2.24) is 5.32 Å². The smallest absolute Gasteiger partial charge is 0.207 e. The van der Waals surface area contributed by atoms with Crippen molar-refractivity contribution in [1.29, 1.82) is 0 Å². The SMILES string of the molecule is NCCc1c(F)ccc(CNC=O)c1F. The van der Waals surface area contributed by atoms with E-state index in [4.69, 9.17) is 5.73 Å². The number of hydrogen-bond acceptors (Lipinski definition) is 2. The van der Waals surface area contributed by atoms with E-state index in [1.807, 2.05) is 0 Å². The van der Waals surface area contributed by atoms with Crippen molar-refractivity contribution in [2.75, 3.05) is 6.54 Å². The first-order chi connectivity index (χ1) is 7.20. The van der Waals surface area contributed by atoms with Crippen LogP contribution in [0.4, 0.5) is 8.78 Å². The third kappa shape index (κ3) is 2.73. The molecule has 0 saturated heterocycles. The topological polar surface area (TPSA) is 55.1 Å². The van der Waals surface area contributed by atoms with Gasteiger partial charge in [0.25, 0.3) is 0 Å². The van der Waals surface area contributed by atoms with Crippen LogP contribution in [-0.2, 0) is 17.8 Å². The zero-order valence-electron chi connectivity index (χ0n) is 8.09. The van der Waals surface area contributed by atoms with Crippen LogP contribution in [0.15, 0.2) is 12.1 Å². The van der Waals surface area contributed by atoms with Crippen molar-refractivity contribution in [2.45, 2.75) is 13.0 Å². The maximum absolute atomic E-state index is 13.6. The van der Waals surface area contributed by atoms with Crippen molar-refractivity contribution in [3.8, 4) is 0 Å². The second-order valence-electron chi connectivity index (χ2n) is 3.04. The van der Waals surface area contributed by atoms with E-state index >= 15 is 0 Å². The summed E-state index contributed by atoms with van der Waals surface area (Å²) < 4.78 is 26.7. The van der Waals surface area contributed by atoms with Gasteiger partial charge in [-0.2, -0.15) is 0 Å². The minimum absolute atomic E-state index is 0.0253. The molecule has 0 aromatic heterocycles. The van der Waals surface area contributed by atoms with Crippen LogP contribution in [0.25, 0.3) is 0 Å². The van der Waals surface area contributed by atoms with Crippen molar-refractivity contribution in [2.24, 2.45) is 5.73 Å². The molecule has 82 valence electrons. The van der Waals surface area contributed by atoms with E-state index in [1.165, 1.54) is 12.1 Å². The summed E-state index contributed by atoms with van der Waals surface area (Å²) in [5.74, 6) is -1.23. The normalized spacial score (nSPS) is 10.1. The summed E-state index contributed by atoms with van der Waals surface area (Å²) in [5, 5.41) is 2.32. The summed E-state index contributed by atoms with van der Waals surface area (Å²) in [6.45, 7) is 0.228. The van der Waals surface area contributed by atoms with Crippen LogP contribution in [0.2, 0.25) is 0 Å². The summed E-state index contributed by atoms with van der Waals surface area (Å²) in [6.07, 6.45) is 0.609. The van der Waals surface area contributed by atoms with E-state index in [0.29, 0.717) is 6.41 Å². The maximum atomic E-state index is 13.6. The Labute approximate surface area is 86.3 Å². The Morgan fingerprint density at radius 1 is 1.40 bits per heavy atom. The molecule has 5 heteroatoms. The van der Waals surface area contributed by atoms with Crippen LogP contribution in [0.1, 0.15) is 11.1 Å². The Balaban J connectivity index is 2.98. The zero-order chi connectivity index (χ0) is 11.3. The molecule has 0 spiro atoms. The quantitative estimate of drug-likeness (QED) is 0.709. The second kappa shape index (κ2) is 5.41. The molecule has 0 atom stereocenters. The van der Waals surface area contributed by atoms with Gasteiger partial charge in [0, 0.05) is 17.7 Å². The van der Waals surface area contributed by atoms with Gasteiger partial charge in [-0.25, -0.2) is 8.78 Å². The molecular weight excluding hydrogens is 202 g/mol. The Morgan fingerprint density at radius 2 is 2.13 bits per heavy atom. The monoisotopic (exact) mass is 214 g/mol. The highest BCUT2D eigenvalue weighted by Crippen LogP contribution is 2.17. The fourth-order valence-corrected chi connectivity index (χ4v) is 1.31. The molecule has 0 unspecified atom stereocenters. The molecule has 0 radical (unpaired) electrons. The van der Waals surface area contributed by atoms with Gasteiger partial charge in [-0.3, -0.25) is 4.79 Å². The molecule has 0 bridgehead atoms. The number of benzene rings is 1. The molecule has 1 aromatic carbocycles. The number of amides is 1. The summed E-state index contributed by atoms with van der Waals surface area (Å²) in [6, 6.07) is 2.48. The lowest BCUT2D eigenvalue weighted by molar-refractivity contribution is -0.109. The Hall–Kier alpha value is -1.49. The van der Waals surface area contributed by atoms with Gasteiger partial charge in [0.15, 0.2) is 0 Å². The first-order valence-electron chi connectivity index (χ1n) is 4.53. The minimum Gasteiger partial charge on any atom is -0.354 e. The molecular formula is C10H12F2N2O. The molecule has 1 rings (SSSR count). The van der Waals surface area contributed by atoms with Crippen molar-refractivity contribution in [3.63, 3.8) is 0 Å². The number of carbonyl (C=O) groups excluding carboxylic acids is 1. The highest BCUT2D eigenvalue weighted by molar-refractivity contribution is 5.46. The molecule has 15 heavy (non-hydrogen) atoms. The molecule has 0 aliphatic rings. The third-order valence-corrected chi connectivity index (χ3v) is 2.04. The lowest BCUT2D eigenvalue weighted by atomic mass is 10.1. The van der Waals surface area contributed by atoms with Gasteiger partial charge in [-0.15, -0.1) is 0 Å². The molecule has 1 amide bonds. The molecule has 3 nitrogen and oxygen atoms in total. The molecule has 0 aliphatic heterocycles. The second-order valence-corrected chi connectivity index (χ2v) is 3.04. The van der Waals surface area contributed by atoms with E-state index in [2.05, 4.69) is 5.32 Å². The van der Waals surface area contributed by atoms with Crippen LogP contribution in [0.5, 0.6) is 0 Å². The molecule has 0 fully saturated rings. The van der Waals surface area contributed by atoms with E-state index < -0.39 is 11.6 Å². The van der Waals surface area contributed by atoms with E-state index in [-0.39, 0.29) is 30.6 Å². The predicted molar refractivity (Wildman–Crippen MR) is 52.0 cm³/mol. The minimum atomic E-state index is -0.630. The number of rotatable bonds is 5. The Kier molecular flexibility index (Phi) is 4.17. The van der Waals surface area contributed by atoms with Gasteiger partial charge >= 0.3 is 0 Å².